The van der Waals surface area contributed by atoms with E-state index in [1.54, 1.807) is 0 Å². The maximum Gasteiger partial charge on any atom is 0.107 e. The van der Waals surface area contributed by atoms with Crippen molar-refractivity contribution < 1.29 is 0 Å². The summed E-state index contributed by atoms with van der Waals surface area (Å²) in [6.07, 6.45) is 0. The molecular weight excluding hydrogens is 276 g/mol. The molecule has 0 unspecified atom stereocenters. The van der Waals surface area contributed by atoms with Gasteiger partial charge in [0.05, 0.1) is 5.69 Å². The van der Waals surface area contributed by atoms with Crippen molar-refractivity contribution in [3.8, 4) is 0 Å². The minimum absolute atomic E-state index is 0.816. The number of fused-ring (bicyclic) bond motifs is 1. The summed E-state index contributed by atoms with van der Waals surface area (Å²) in [7, 11) is 0. The molecule has 0 amide bonds. The molecule has 0 aliphatic rings. The number of azo groups is 1. The summed E-state index contributed by atoms with van der Waals surface area (Å²) in [6, 6.07) is 18.3. The number of hydrogen-bond acceptors (Lipinski definition) is 3. The average molecular weight is 292 g/mol. The standard InChI is InChI=1S/C18H16N2S/c1-12-7-9-16(13(2)11-12)19-20-18-15-6-4-3-5-14(15)8-10-17(18)21/h3-11,21H,1-2H3/b20-19+. The van der Waals surface area contributed by atoms with E-state index in [9.17, 15) is 0 Å². The van der Waals surface area contributed by atoms with E-state index in [1.165, 1.54) is 5.56 Å². The van der Waals surface area contributed by atoms with Gasteiger partial charge in [-0.25, -0.2) is 0 Å². The van der Waals surface area contributed by atoms with Crippen molar-refractivity contribution in [3.05, 3.63) is 65.7 Å². The molecule has 2 nitrogen and oxygen atoms in total. The highest BCUT2D eigenvalue weighted by Crippen LogP contribution is 2.34. The van der Waals surface area contributed by atoms with Crippen LogP contribution in [0.2, 0.25) is 0 Å². The van der Waals surface area contributed by atoms with Crippen molar-refractivity contribution in [1.29, 1.82) is 0 Å². The molecule has 0 aliphatic carbocycles. The molecule has 0 atom stereocenters. The minimum Gasteiger partial charge on any atom is -0.150 e. The molecule has 0 N–H and O–H groups in total. The molecule has 0 aromatic heterocycles. The number of benzene rings is 3. The van der Waals surface area contributed by atoms with Crippen LogP contribution in [0.4, 0.5) is 11.4 Å². The molecule has 0 fully saturated rings. The van der Waals surface area contributed by atoms with Crippen molar-refractivity contribution >= 4 is 34.8 Å². The van der Waals surface area contributed by atoms with Gasteiger partial charge in [-0.2, -0.15) is 5.11 Å². The number of hydrogen-bond donors (Lipinski definition) is 1. The number of nitrogens with zero attached hydrogens (tertiary/aromatic N) is 2. The third kappa shape index (κ3) is 2.83. The highest BCUT2D eigenvalue weighted by molar-refractivity contribution is 7.80. The monoisotopic (exact) mass is 292 g/mol. The molecule has 21 heavy (non-hydrogen) atoms. The van der Waals surface area contributed by atoms with E-state index >= 15 is 0 Å². The molecule has 104 valence electrons. The van der Waals surface area contributed by atoms with E-state index in [1.807, 2.05) is 49.4 Å². The first-order chi connectivity index (χ1) is 10.1. The Morgan fingerprint density at radius 1 is 0.857 bits per heavy atom. The molecule has 3 aromatic carbocycles. The summed E-state index contributed by atoms with van der Waals surface area (Å²) < 4.78 is 0. The van der Waals surface area contributed by atoms with E-state index in [-0.39, 0.29) is 0 Å². The van der Waals surface area contributed by atoms with Gasteiger partial charge in [-0.3, -0.25) is 0 Å². The molecule has 0 aliphatic heterocycles. The predicted octanol–water partition coefficient (Wildman–Crippen LogP) is 6.16. The zero-order valence-corrected chi connectivity index (χ0v) is 12.9. The zero-order valence-electron chi connectivity index (χ0n) is 12.0. The Kier molecular flexibility index (Phi) is 3.76. The molecule has 0 bridgehead atoms. The van der Waals surface area contributed by atoms with Gasteiger partial charge in [0.15, 0.2) is 0 Å². The summed E-state index contributed by atoms with van der Waals surface area (Å²) in [5.74, 6) is 0. The van der Waals surface area contributed by atoms with Crippen LogP contribution >= 0.6 is 12.6 Å². The summed E-state index contributed by atoms with van der Waals surface area (Å²) >= 11 is 4.51. The number of rotatable bonds is 2. The third-order valence-electron chi connectivity index (χ3n) is 3.49. The molecule has 3 heteroatoms. The van der Waals surface area contributed by atoms with Crippen LogP contribution in [0.3, 0.4) is 0 Å². The van der Waals surface area contributed by atoms with Gasteiger partial charge in [0, 0.05) is 10.3 Å². The fourth-order valence-electron chi connectivity index (χ4n) is 2.37. The molecule has 0 saturated carbocycles. The molecule has 0 saturated heterocycles. The second kappa shape index (κ2) is 5.70. The number of thiol groups is 1. The van der Waals surface area contributed by atoms with Crippen LogP contribution in [0, 0.1) is 13.8 Å². The highest BCUT2D eigenvalue weighted by Gasteiger charge is 2.04. The average Bonchev–Trinajstić information content (AvgIpc) is 2.48. The van der Waals surface area contributed by atoms with E-state index in [4.69, 9.17) is 0 Å². The van der Waals surface area contributed by atoms with Crippen LogP contribution in [0.25, 0.3) is 10.8 Å². The second-order valence-corrected chi connectivity index (χ2v) is 5.63. The van der Waals surface area contributed by atoms with Crippen molar-refractivity contribution in [3.63, 3.8) is 0 Å². The first-order valence-electron chi connectivity index (χ1n) is 6.85. The van der Waals surface area contributed by atoms with Crippen molar-refractivity contribution in [1.82, 2.24) is 0 Å². The first kappa shape index (κ1) is 13.8. The van der Waals surface area contributed by atoms with Crippen LogP contribution in [-0.2, 0) is 0 Å². The van der Waals surface area contributed by atoms with Crippen LogP contribution in [-0.4, -0.2) is 0 Å². The van der Waals surface area contributed by atoms with Crippen LogP contribution < -0.4 is 0 Å². The molecular formula is C18H16N2S. The topological polar surface area (TPSA) is 24.7 Å². The summed E-state index contributed by atoms with van der Waals surface area (Å²) in [5, 5.41) is 11.1. The van der Waals surface area contributed by atoms with E-state index in [2.05, 4.69) is 41.9 Å². The maximum atomic E-state index is 4.51. The molecule has 0 radical (unpaired) electrons. The molecule has 3 rings (SSSR count). The predicted molar refractivity (Wildman–Crippen MR) is 91.3 cm³/mol. The van der Waals surface area contributed by atoms with E-state index in [0.717, 1.165) is 32.6 Å². The molecule has 0 heterocycles. The lowest BCUT2D eigenvalue weighted by atomic mass is 10.1. The van der Waals surface area contributed by atoms with Crippen molar-refractivity contribution in [2.45, 2.75) is 18.7 Å². The van der Waals surface area contributed by atoms with Gasteiger partial charge in [0.2, 0.25) is 0 Å². The summed E-state index contributed by atoms with van der Waals surface area (Å²) in [6.45, 7) is 4.12. The van der Waals surface area contributed by atoms with Gasteiger partial charge in [0.1, 0.15) is 5.69 Å². The van der Waals surface area contributed by atoms with E-state index < -0.39 is 0 Å². The van der Waals surface area contributed by atoms with Crippen LogP contribution in [0.15, 0.2) is 69.7 Å². The zero-order chi connectivity index (χ0) is 14.8. The lowest BCUT2D eigenvalue weighted by Gasteiger charge is -2.05. The Morgan fingerprint density at radius 3 is 2.48 bits per heavy atom. The quantitative estimate of drug-likeness (QED) is 0.432. The third-order valence-corrected chi connectivity index (χ3v) is 3.85. The van der Waals surface area contributed by atoms with Gasteiger partial charge in [-0.1, -0.05) is 48.0 Å². The highest BCUT2D eigenvalue weighted by atomic mass is 32.1. The summed E-state index contributed by atoms with van der Waals surface area (Å²) in [4.78, 5) is 0.835. The molecule has 0 spiro atoms. The summed E-state index contributed by atoms with van der Waals surface area (Å²) in [5.41, 5.74) is 4.06. The second-order valence-electron chi connectivity index (χ2n) is 5.14. The van der Waals surface area contributed by atoms with Crippen LogP contribution in [0.1, 0.15) is 11.1 Å². The number of aryl methyl sites for hydroxylation is 2. The van der Waals surface area contributed by atoms with Gasteiger partial charge in [-0.05, 0) is 36.9 Å². The van der Waals surface area contributed by atoms with Gasteiger partial charge in [0.25, 0.3) is 0 Å². The normalized spacial score (nSPS) is 11.4. The molecule has 3 aromatic rings. The van der Waals surface area contributed by atoms with Crippen LogP contribution in [0.5, 0.6) is 0 Å². The Balaban J connectivity index is 2.09. The Bertz CT molecular complexity index is 838. The minimum atomic E-state index is 0.816. The fraction of sp³-hybridized carbons (Fsp3) is 0.111. The van der Waals surface area contributed by atoms with Crippen molar-refractivity contribution in [2.75, 3.05) is 0 Å². The Labute approximate surface area is 130 Å². The lowest BCUT2D eigenvalue weighted by Crippen LogP contribution is -1.78. The van der Waals surface area contributed by atoms with Gasteiger partial charge in [-0.15, -0.1) is 17.7 Å². The lowest BCUT2D eigenvalue weighted by molar-refractivity contribution is 1.19. The largest absolute Gasteiger partial charge is 0.150 e. The van der Waals surface area contributed by atoms with Gasteiger partial charge < -0.3 is 0 Å². The first-order valence-corrected chi connectivity index (χ1v) is 7.29. The fourth-order valence-corrected chi connectivity index (χ4v) is 2.61. The maximum absolute atomic E-state index is 4.51. The van der Waals surface area contributed by atoms with Crippen molar-refractivity contribution in [2.24, 2.45) is 10.2 Å². The Morgan fingerprint density at radius 2 is 1.67 bits per heavy atom. The Hall–Kier alpha value is -2.13. The SMILES string of the molecule is Cc1ccc(/N=N/c2c(S)ccc3ccccc23)c(C)c1. The smallest absolute Gasteiger partial charge is 0.107 e. The van der Waals surface area contributed by atoms with Gasteiger partial charge >= 0.3 is 0 Å². The van der Waals surface area contributed by atoms with E-state index in [0.29, 0.717) is 0 Å².